The Morgan fingerprint density at radius 2 is 1.16 bits per heavy atom. The summed E-state index contributed by atoms with van der Waals surface area (Å²) in [5, 5.41) is 3.60. The zero-order valence-corrected chi connectivity index (χ0v) is 28.6. The van der Waals surface area contributed by atoms with E-state index in [2.05, 4.69) is 93.6 Å². The van der Waals surface area contributed by atoms with Crippen LogP contribution in [0.25, 0.3) is 32.9 Å². The van der Waals surface area contributed by atoms with Crippen LogP contribution in [0.1, 0.15) is 108 Å². The van der Waals surface area contributed by atoms with Crippen molar-refractivity contribution in [2.75, 3.05) is 0 Å². The molecule has 3 nitrogen and oxygen atoms in total. The fraction of sp³-hybridized carbons (Fsp3) is 0.415. The van der Waals surface area contributed by atoms with E-state index >= 15 is 0 Å². The molecule has 2 atom stereocenters. The minimum absolute atomic E-state index is 0.197. The maximum Gasteiger partial charge on any atom is 0.134 e. The Morgan fingerprint density at radius 3 is 1.73 bits per heavy atom. The predicted molar refractivity (Wildman–Crippen MR) is 188 cm³/mol. The molecule has 234 valence electrons. The molecule has 3 heterocycles. The second kappa shape index (κ2) is 14.4. The van der Waals surface area contributed by atoms with Gasteiger partial charge in [0.1, 0.15) is 34.0 Å². The summed E-state index contributed by atoms with van der Waals surface area (Å²) in [5.41, 5.74) is 7.36. The highest BCUT2D eigenvalue weighted by Gasteiger charge is 2.40. The van der Waals surface area contributed by atoms with Crippen LogP contribution in [-0.4, -0.2) is 0 Å². The number of aryl methyl sites for hydroxylation is 3. The molecule has 3 aromatic heterocycles. The number of furan rings is 3. The van der Waals surface area contributed by atoms with Crippen LogP contribution in [-0.2, 0) is 11.8 Å². The quantitative estimate of drug-likeness (QED) is 0.204. The van der Waals surface area contributed by atoms with Crippen LogP contribution in [0.2, 0.25) is 0 Å². The lowest BCUT2D eigenvalue weighted by molar-refractivity contribution is 0.342. The summed E-state index contributed by atoms with van der Waals surface area (Å²) in [7, 11) is 0. The molecule has 2 unspecified atom stereocenters. The molecular formula is C41H52O3. The summed E-state index contributed by atoms with van der Waals surface area (Å²) in [6.07, 6.45) is 4.91. The molecule has 7 rings (SSSR count). The van der Waals surface area contributed by atoms with Crippen molar-refractivity contribution in [2.45, 2.75) is 106 Å². The number of hydrogen-bond acceptors (Lipinski definition) is 3. The van der Waals surface area contributed by atoms with E-state index in [1.165, 1.54) is 52.1 Å². The van der Waals surface area contributed by atoms with Crippen molar-refractivity contribution in [2.24, 2.45) is 5.92 Å². The van der Waals surface area contributed by atoms with E-state index in [1.54, 1.807) is 0 Å². The highest BCUT2D eigenvalue weighted by atomic mass is 16.3. The highest BCUT2D eigenvalue weighted by molar-refractivity contribution is 5.80. The molecule has 0 N–H and O–H groups in total. The molecular weight excluding hydrogens is 540 g/mol. The van der Waals surface area contributed by atoms with Gasteiger partial charge in [0.15, 0.2) is 0 Å². The van der Waals surface area contributed by atoms with E-state index in [9.17, 15) is 0 Å². The first-order valence-corrected chi connectivity index (χ1v) is 16.7. The third-order valence-electron chi connectivity index (χ3n) is 8.98. The Balaban J connectivity index is 0.000000218. The van der Waals surface area contributed by atoms with Crippen LogP contribution in [0.3, 0.4) is 0 Å². The zero-order chi connectivity index (χ0) is 32.0. The van der Waals surface area contributed by atoms with Gasteiger partial charge in [0, 0.05) is 16.2 Å². The van der Waals surface area contributed by atoms with Gasteiger partial charge in [-0.25, -0.2) is 0 Å². The number of hydrogen-bond donors (Lipinski definition) is 0. The van der Waals surface area contributed by atoms with Crippen LogP contribution < -0.4 is 0 Å². The lowest BCUT2D eigenvalue weighted by Crippen LogP contribution is -2.28. The van der Waals surface area contributed by atoms with Crippen molar-refractivity contribution in [3.63, 3.8) is 0 Å². The van der Waals surface area contributed by atoms with Crippen LogP contribution in [0.5, 0.6) is 0 Å². The number of rotatable bonds is 4. The molecule has 0 radical (unpaired) electrons. The van der Waals surface area contributed by atoms with Crippen LogP contribution in [0.15, 0.2) is 86.0 Å². The Hall–Kier alpha value is -3.72. The molecule has 3 heteroatoms. The van der Waals surface area contributed by atoms with E-state index in [-0.39, 0.29) is 5.41 Å². The van der Waals surface area contributed by atoms with Gasteiger partial charge in [-0.1, -0.05) is 91.3 Å². The first-order chi connectivity index (χ1) is 21.2. The SMILES string of the molecule is CC.CC.Cc1cc2ccc(C(C)C)cc2o1.Cc1cc2ccc(CC3CCCC3(C)c3ccc4cc(C)oc4c3)cc2o1. The average molecular weight is 593 g/mol. The Kier molecular flexibility index (Phi) is 10.8. The van der Waals surface area contributed by atoms with E-state index in [0.29, 0.717) is 11.8 Å². The molecule has 0 bridgehead atoms. The molecule has 6 aromatic rings. The molecule has 1 aliphatic carbocycles. The minimum atomic E-state index is 0.197. The smallest absolute Gasteiger partial charge is 0.134 e. The fourth-order valence-corrected chi connectivity index (χ4v) is 6.62. The fourth-order valence-electron chi connectivity index (χ4n) is 6.62. The molecule has 0 aliphatic heterocycles. The topological polar surface area (TPSA) is 39.4 Å². The Bertz CT molecular complexity index is 1790. The summed E-state index contributed by atoms with van der Waals surface area (Å²) in [6, 6.07) is 26.2. The maximum atomic E-state index is 5.90. The predicted octanol–water partition coefficient (Wildman–Crippen LogP) is 13.0. The molecule has 0 saturated heterocycles. The third-order valence-corrected chi connectivity index (χ3v) is 8.98. The molecule has 0 amide bonds. The Labute approximate surface area is 264 Å². The van der Waals surface area contributed by atoms with Gasteiger partial charge in [-0.15, -0.1) is 0 Å². The van der Waals surface area contributed by atoms with Crippen LogP contribution in [0, 0.1) is 26.7 Å². The zero-order valence-electron chi connectivity index (χ0n) is 28.6. The molecule has 44 heavy (non-hydrogen) atoms. The third kappa shape index (κ3) is 7.15. The standard InChI is InChI=1S/C25H26O2.C12H14O.2C2H6/c1-16-11-19-7-6-18(14-23(19)26-16)13-21-5-4-10-25(21,3)22-9-8-20-12-17(2)27-24(20)15-22;1-8(2)10-4-5-11-6-9(3)13-12(11)7-10;2*1-2/h6-9,11-12,14-15,21H,4-5,10,13H2,1-3H3;4-8H,1-3H3;2*1-2H3. The first kappa shape index (κ1) is 33.2. The summed E-state index contributed by atoms with van der Waals surface area (Å²) in [4.78, 5) is 0. The van der Waals surface area contributed by atoms with Crippen molar-refractivity contribution in [1.29, 1.82) is 0 Å². The van der Waals surface area contributed by atoms with E-state index < -0.39 is 0 Å². The van der Waals surface area contributed by atoms with Gasteiger partial charge in [0.2, 0.25) is 0 Å². The summed E-state index contributed by atoms with van der Waals surface area (Å²) >= 11 is 0. The van der Waals surface area contributed by atoms with Gasteiger partial charge in [0.05, 0.1) is 0 Å². The molecule has 3 aromatic carbocycles. The maximum absolute atomic E-state index is 5.90. The second-order valence-corrected chi connectivity index (χ2v) is 12.4. The van der Waals surface area contributed by atoms with Gasteiger partial charge in [-0.2, -0.15) is 0 Å². The van der Waals surface area contributed by atoms with Gasteiger partial charge in [-0.3, -0.25) is 0 Å². The van der Waals surface area contributed by atoms with Crippen molar-refractivity contribution in [3.05, 3.63) is 107 Å². The Morgan fingerprint density at radius 1 is 0.659 bits per heavy atom. The molecule has 1 saturated carbocycles. The lowest BCUT2D eigenvalue weighted by Gasteiger charge is -2.32. The molecule has 1 fully saturated rings. The minimum Gasteiger partial charge on any atom is -0.461 e. The van der Waals surface area contributed by atoms with Gasteiger partial charge in [0.25, 0.3) is 0 Å². The largest absolute Gasteiger partial charge is 0.461 e. The average Bonchev–Trinajstić information content (AvgIpc) is 3.78. The van der Waals surface area contributed by atoms with Crippen molar-refractivity contribution in [3.8, 4) is 0 Å². The monoisotopic (exact) mass is 592 g/mol. The summed E-state index contributed by atoms with van der Waals surface area (Å²) in [5.74, 6) is 4.15. The highest BCUT2D eigenvalue weighted by Crippen LogP contribution is 2.47. The van der Waals surface area contributed by atoms with E-state index in [0.717, 1.165) is 40.5 Å². The number of benzene rings is 3. The summed E-state index contributed by atoms with van der Waals surface area (Å²) in [6.45, 7) is 20.8. The van der Waals surface area contributed by atoms with Crippen molar-refractivity contribution < 1.29 is 13.3 Å². The van der Waals surface area contributed by atoms with Crippen molar-refractivity contribution >= 4 is 32.9 Å². The summed E-state index contributed by atoms with van der Waals surface area (Å²) < 4.78 is 17.3. The number of fused-ring (bicyclic) bond motifs is 3. The second-order valence-electron chi connectivity index (χ2n) is 12.4. The molecule has 0 spiro atoms. The molecule has 1 aliphatic rings. The van der Waals surface area contributed by atoms with Gasteiger partial charge < -0.3 is 13.3 Å². The lowest BCUT2D eigenvalue weighted by atomic mass is 9.71. The van der Waals surface area contributed by atoms with Crippen molar-refractivity contribution in [1.82, 2.24) is 0 Å². The normalized spacial score (nSPS) is 17.7. The first-order valence-electron chi connectivity index (χ1n) is 16.7. The van der Waals surface area contributed by atoms with Crippen LogP contribution >= 0.6 is 0 Å². The van der Waals surface area contributed by atoms with E-state index in [4.69, 9.17) is 13.3 Å². The van der Waals surface area contributed by atoms with E-state index in [1.807, 2.05) is 48.5 Å². The van der Waals surface area contributed by atoms with Gasteiger partial charge in [-0.05, 0) is 110 Å². The van der Waals surface area contributed by atoms with Crippen LogP contribution in [0.4, 0.5) is 0 Å². The van der Waals surface area contributed by atoms with Gasteiger partial charge >= 0.3 is 0 Å².